The van der Waals surface area contributed by atoms with Gasteiger partial charge in [-0.2, -0.15) is 9.29 Å². The second-order valence-electron chi connectivity index (χ2n) is 6.61. The maximum Gasteiger partial charge on any atom is 0.337 e. The molecule has 3 rings (SSSR count). The van der Waals surface area contributed by atoms with Crippen LogP contribution in [0.15, 0.2) is 51.9 Å². The van der Waals surface area contributed by atoms with E-state index in [1.807, 2.05) is 31.2 Å². The molecule has 152 valence electrons. The summed E-state index contributed by atoms with van der Waals surface area (Å²) in [6.07, 6.45) is 0. The van der Waals surface area contributed by atoms with Crippen LogP contribution in [-0.2, 0) is 21.3 Å². The predicted octanol–water partition coefficient (Wildman–Crippen LogP) is 2.96. The van der Waals surface area contributed by atoms with Gasteiger partial charge in [0.1, 0.15) is 0 Å². The molecule has 0 amide bonds. The average molecular weight is 415 g/mol. The molecule has 0 atom stereocenters. The lowest BCUT2D eigenvalue weighted by atomic mass is 10.1. The zero-order valence-corrected chi connectivity index (χ0v) is 17.4. The first-order valence-corrected chi connectivity index (χ1v) is 10.2. The van der Waals surface area contributed by atoms with Crippen LogP contribution in [0.2, 0.25) is 0 Å². The first-order chi connectivity index (χ1) is 13.7. The summed E-state index contributed by atoms with van der Waals surface area (Å²) >= 11 is 0. The van der Waals surface area contributed by atoms with E-state index in [2.05, 4.69) is 14.9 Å². The molecule has 8 nitrogen and oxygen atoms in total. The molecular weight excluding hydrogens is 394 g/mol. The first kappa shape index (κ1) is 20.7. The number of carbonyl (C=O) groups excluding carboxylic acids is 1. The number of hydrogen-bond donors (Lipinski definition) is 0. The minimum Gasteiger partial charge on any atom is -0.465 e. The van der Waals surface area contributed by atoms with E-state index in [1.54, 1.807) is 13.0 Å². The Morgan fingerprint density at radius 2 is 1.83 bits per heavy atom. The Bertz CT molecular complexity index is 1140. The number of hydrogen-bond acceptors (Lipinski definition) is 7. The number of methoxy groups -OCH3 is 1. The molecule has 9 heteroatoms. The zero-order chi connectivity index (χ0) is 21.2. The highest BCUT2D eigenvalue weighted by atomic mass is 32.2. The molecule has 1 heterocycles. The molecule has 3 aromatic rings. The van der Waals surface area contributed by atoms with Crippen LogP contribution in [0.1, 0.15) is 27.4 Å². The predicted molar refractivity (Wildman–Crippen MR) is 106 cm³/mol. The van der Waals surface area contributed by atoms with Crippen LogP contribution in [0, 0.1) is 13.8 Å². The highest BCUT2D eigenvalue weighted by Crippen LogP contribution is 2.23. The molecule has 0 N–H and O–H groups in total. The van der Waals surface area contributed by atoms with Gasteiger partial charge in [-0.3, -0.25) is 0 Å². The molecule has 0 unspecified atom stereocenters. The normalized spacial score (nSPS) is 11.6. The van der Waals surface area contributed by atoms with Crippen LogP contribution < -0.4 is 0 Å². The zero-order valence-electron chi connectivity index (χ0n) is 16.5. The minimum absolute atomic E-state index is 0.0150. The maximum atomic E-state index is 13.0. The maximum absolute atomic E-state index is 13.0. The van der Waals surface area contributed by atoms with Crippen LogP contribution in [0.5, 0.6) is 0 Å². The van der Waals surface area contributed by atoms with E-state index in [0.29, 0.717) is 11.4 Å². The van der Waals surface area contributed by atoms with Gasteiger partial charge in [-0.1, -0.05) is 41.1 Å². The molecule has 0 saturated carbocycles. The number of aromatic nitrogens is 2. The van der Waals surface area contributed by atoms with Crippen molar-refractivity contribution in [2.24, 2.45) is 0 Å². The van der Waals surface area contributed by atoms with Crippen LogP contribution in [-0.4, -0.2) is 43.0 Å². The van der Waals surface area contributed by atoms with E-state index in [1.165, 1.54) is 26.3 Å². The van der Waals surface area contributed by atoms with E-state index in [9.17, 15) is 13.2 Å². The largest absolute Gasteiger partial charge is 0.465 e. The summed E-state index contributed by atoms with van der Waals surface area (Å²) in [4.78, 5) is 16.1. The van der Waals surface area contributed by atoms with Gasteiger partial charge in [-0.05, 0) is 31.5 Å². The minimum atomic E-state index is -3.90. The fraction of sp³-hybridized carbons (Fsp3) is 0.250. The lowest BCUT2D eigenvalue weighted by Crippen LogP contribution is -2.27. The number of aryl methyl sites for hydroxylation is 2. The molecule has 0 aliphatic carbocycles. The van der Waals surface area contributed by atoms with E-state index < -0.39 is 16.0 Å². The fourth-order valence-electron chi connectivity index (χ4n) is 2.71. The summed E-state index contributed by atoms with van der Waals surface area (Å²) < 4.78 is 37.0. The third-order valence-corrected chi connectivity index (χ3v) is 6.38. The third kappa shape index (κ3) is 4.36. The second-order valence-corrected chi connectivity index (χ2v) is 8.62. The first-order valence-electron chi connectivity index (χ1n) is 8.77. The van der Waals surface area contributed by atoms with Crippen molar-refractivity contribution in [1.29, 1.82) is 0 Å². The Kier molecular flexibility index (Phi) is 5.81. The van der Waals surface area contributed by atoms with Crippen molar-refractivity contribution in [3.8, 4) is 11.4 Å². The summed E-state index contributed by atoms with van der Waals surface area (Å²) in [6.45, 7) is 3.52. The topological polar surface area (TPSA) is 103 Å². The molecule has 29 heavy (non-hydrogen) atoms. The number of carbonyl (C=O) groups is 1. The quantitative estimate of drug-likeness (QED) is 0.570. The molecule has 0 radical (unpaired) electrons. The number of ether oxygens (including phenoxy) is 1. The lowest BCUT2D eigenvalue weighted by Gasteiger charge is -2.17. The number of sulfonamides is 1. The van der Waals surface area contributed by atoms with Gasteiger partial charge in [0.2, 0.25) is 21.7 Å². The number of nitrogens with zero attached hydrogens (tertiary/aromatic N) is 3. The highest BCUT2D eigenvalue weighted by molar-refractivity contribution is 7.89. The Hall–Kier alpha value is -3.04. The second kappa shape index (κ2) is 8.14. The molecule has 0 fully saturated rings. The van der Waals surface area contributed by atoms with Crippen molar-refractivity contribution < 1.29 is 22.5 Å². The molecule has 0 spiro atoms. The Morgan fingerprint density at radius 3 is 2.48 bits per heavy atom. The summed E-state index contributed by atoms with van der Waals surface area (Å²) in [5.41, 5.74) is 2.55. The van der Waals surface area contributed by atoms with Crippen molar-refractivity contribution in [3.05, 3.63) is 65.0 Å². The van der Waals surface area contributed by atoms with Gasteiger partial charge < -0.3 is 9.26 Å². The van der Waals surface area contributed by atoms with E-state index in [4.69, 9.17) is 4.52 Å². The van der Waals surface area contributed by atoms with E-state index in [-0.39, 0.29) is 22.9 Å². The smallest absolute Gasteiger partial charge is 0.337 e. The van der Waals surface area contributed by atoms with Crippen molar-refractivity contribution >= 4 is 16.0 Å². The van der Waals surface area contributed by atoms with Crippen LogP contribution in [0.25, 0.3) is 11.4 Å². The van der Waals surface area contributed by atoms with Crippen molar-refractivity contribution in [3.63, 3.8) is 0 Å². The summed E-state index contributed by atoms with van der Waals surface area (Å²) in [6, 6.07) is 12.0. The molecule has 2 aromatic carbocycles. The van der Waals surface area contributed by atoms with Gasteiger partial charge in [0.15, 0.2) is 0 Å². The lowest BCUT2D eigenvalue weighted by molar-refractivity contribution is 0.0600. The van der Waals surface area contributed by atoms with E-state index in [0.717, 1.165) is 15.4 Å². The standard InChI is InChI=1S/C20H21N3O5S/c1-13-5-8-15(9-6-13)19-21-18(28-22-19)12-23(3)29(25,26)17-11-16(20(24)27-4)10-7-14(17)2/h5-11H,12H2,1-4H3. The molecular formula is C20H21N3O5S. The van der Waals surface area contributed by atoms with Crippen LogP contribution in [0.4, 0.5) is 0 Å². The van der Waals surface area contributed by atoms with Gasteiger partial charge >= 0.3 is 5.97 Å². The van der Waals surface area contributed by atoms with Gasteiger partial charge in [0.25, 0.3) is 0 Å². The molecule has 0 bridgehead atoms. The summed E-state index contributed by atoms with van der Waals surface area (Å²) in [7, 11) is -1.24. The molecule has 0 aliphatic rings. The van der Waals surface area contributed by atoms with Gasteiger partial charge in [-0.25, -0.2) is 13.2 Å². The number of esters is 1. The summed E-state index contributed by atoms with van der Waals surface area (Å²) in [5.74, 6) is -0.0631. The monoisotopic (exact) mass is 415 g/mol. The average Bonchev–Trinajstić information content (AvgIpc) is 3.16. The van der Waals surface area contributed by atoms with Crippen LogP contribution in [0.3, 0.4) is 0 Å². The Balaban J connectivity index is 1.84. The van der Waals surface area contributed by atoms with Crippen molar-refractivity contribution in [2.75, 3.05) is 14.2 Å². The molecule has 0 aliphatic heterocycles. The Labute approximate surface area is 169 Å². The van der Waals surface area contributed by atoms with Gasteiger partial charge in [-0.15, -0.1) is 0 Å². The van der Waals surface area contributed by atoms with Crippen LogP contribution >= 0.6 is 0 Å². The van der Waals surface area contributed by atoms with E-state index >= 15 is 0 Å². The van der Waals surface area contributed by atoms with Gasteiger partial charge in [0.05, 0.1) is 24.1 Å². The Morgan fingerprint density at radius 1 is 1.14 bits per heavy atom. The number of benzene rings is 2. The third-order valence-electron chi connectivity index (χ3n) is 4.43. The summed E-state index contributed by atoms with van der Waals surface area (Å²) in [5, 5.41) is 3.92. The van der Waals surface area contributed by atoms with Crippen molar-refractivity contribution in [2.45, 2.75) is 25.3 Å². The molecule has 0 saturated heterocycles. The number of rotatable bonds is 6. The van der Waals surface area contributed by atoms with Crippen molar-refractivity contribution in [1.82, 2.24) is 14.4 Å². The SMILES string of the molecule is COC(=O)c1ccc(C)c(S(=O)(=O)N(C)Cc2nc(-c3ccc(C)cc3)no2)c1. The molecule has 1 aromatic heterocycles. The fourth-order valence-corrected chi connectivity index (χ4v) is 4.07. The highest BCUT2D eigenvalue weighted by Gasteiger charge is 2.26. The van der Waals surface area contributed by atoms with Gasteiger partial charge in [0, 0.05) is 12.6 Å².